The van der Waals surface area contributed by atoms with Crippen LogP contribution < -0.4 is 5.32 Å². The summed E-state index contributed by atoms with van der Waals surface area (Å²) < 4.78 is 0. The molecule has 3 aromatic rings. The third-order valence-electron chi connectivity index (χ3n) is 4.24. The molecule has 27 heavy (non-hydrogen) atoms. The topological polar surface area (TPSA) is 70.7 Å². The Bertz CT molecular complexity index is 861. The van der Waals surface area contributed by atoms with Gasteiger partial charge in [0.1, 0.15) is 0 Å². The molecule has 2 aromatic carbocycles. The molecule has 140 valence electrons. The minimum Gasteiger partial charge on any atom is -0.349 e. The van der Waals surface area contributed by atoms with Gasteiger partial charge in [-0.1, -0.05) is 85.3 Å². The summed E-state index contributed by atoms with van der Waals surface area (Å²) in [4.78, 5) is 16.9. The highest BCUT2D eigenvalue weighted by Crippen LogP contribution is 2.21. The monoisotopic (exact) mass is 380 g/mol. The maximum atomic E-state index is 12.4. The minimum atomic E-state index is -0.0102. The number of benzene rings is 2. The Labute approximate surface area is 164 Å². The van der Waals surface area contributed by atoms with E-state index in [0.29, 0.717) is 11.0 Å². The third-order valence-corrected chi connectivity index (χ3v) is 5.08. The van der Waals surface area contributed by atoms with E-state index in [1.807, 2.05) is 49.4 Å². The van der Waals surface area contributed by atoms with Crippen molar-refractivity contribution in [3.63, 3.8) is 0 Å². The van der Waals surface area contributed by atoms with Gasteiger partial charge in [-0.3, -0.25) is 9.89 Å². The number of hydrogen-bond donors (Lipinski definition) is 2. The van der Waals surface area contributed by atoms with Crippen molar-refractivity contribution in [1.82, 2.24) is 20.5 Å². The molecule has 3 rings (SSSR count). The highest BCUT2D eigenvalue weighted by Gasteiger charge is 2.15. The standard InChI is InChI=1S/C21H24N4OS/c1-3-7-18(16-8-5-4-6-9-16)22-19(26)14-27-21-23-20(24-25-21)17-12-10-15(2)11-13-17/h4-6,8-13,18H,3,7,14H2,1-2H3,(H,22,26)(H,23,24,25)/t18-/m1/s1. The van der Waals surface area contributed by atoms with E-state index in [1.54, 1.807) is 0 Å². The maximum Gasteiger partial charge on any atom is 0.230 e. The van der Waals surface area contributed by atoms with E-state index in [-0.39, 0.29) is 17.7 Å². The molecule has 0 aliphatic rings. The summed E-state index contributed by atoms with van der Waals surface area (Å²) in [6, 6.07) is 18.2. The summed E-state index contributed by atoms with van der Waals surface area (Å²) in [6.45, 7) is 4.17. The molecule has 1 heterocycles. The zero-order valence-corrected chi connectivity index (χ0v) is 16.4. The summed E-state index contributed by atoms with van der Waals surface area (Å²) in [5.41, 5.74) is 3.32. The van der Waals surface area contributed by atoms with Crippen LogP contribution in [0.4, 0.5) is 0 Å². The summed E-state index contributed by atoms with van der Waals surface area (Å²) in [5, 5.41) is 10.8. The number of thioether (sulfide) groups is 1. The van der Waals surface area contributed by atoms with Crippen LogP contribution in [0.25, 0.3) is 11.4 Å². The lowest BCUT2D eigenvalue weighted by atomic mass is 10.0. The number of H-pyrrole nitrogens is 1. The molecule has 1 amide bonds. The Balaban J connectivity index is 1.56. The summed E-state index contributed by atoms with van der Waals surface area (Å²) in [6.07, 6.45) is 1.92. The molecule has 0 saturated carbocycles. The van der Waals surface area contributed by atoms with Gasteiger partial charge in [-0.05, 0) is 18.9 Å². The summed E-state index contributed by atoms with van der Waals surface area (Å²) >= 11 is 1.34. The van der Waals surface area contributed by atoms with Crippen molar-refractivity contribution in [3.05, 3.63) is 65.7 Å². The van der Waals surface area contributed by atoms with Gasteiger partial charge in [-0.2, -0.15) is 0 Å². The van der Waals surface area contributed by atoms with E-state index < -0.39 is 0 Å². The quantitative estimate of drug-likeness (QED) is 0.563. The van der Waals surface area contributed by atoms with Crippen molar-refractivity contribution < 1.29 is 4.79 Å². The molecule has 0 fully saturated rings. The number of carbonyl (C=O) groups is 1. The van der Waals surface area contributed by atoms with Gasteiger partial charge in [0.2, 0.25) is 11.1 Å². The second-order valence-electron chi connectivity index (χ2n) is 6.44. The second kappa shape index (κ2) is 9.37. The number of nitrogens with zero attached hydrogens (tertiary/aromatic N) is 2. The first-order valence-electron chi connectivity index (χ1n) is 9.12. The number of rotatable bonds is 8. The van der Waals surface area contributed by atoms with Gasteiger partial charge in [0.25, 0.3) is 0 Å². The van der Waals surface area contributed by atoms with Gasteiger partial charge in [0.05, 0.1) is 11.8 Å². The zero-order chi connectivity index (χ0) is 19.1. The molecule has 0 aliphatic carbocycles. The van der Waals surface area contributed by atoms with E-state index in [2.05, 4.69) is 39.6 Å². The average molecular weight is 381 g/mol. The van der Waals surface area contributed by atoms with Crippen LogP contribution in [-0.2, 0) is 4.79 Å². The van der Waals surface area contributed by atoms with Gasteiger partial charge in [-0.15, -0.1) is 5.10 Å². The van der Waals surface area contributed by atoms with Crippen LogP contribution in [0.15, 0.2) is 59.8 Å². The number of aryl methyl sites for hydroxylation is 1. The Hall–Kier alpha value is -2.60. The van der Waals surface area contributed by atoms with E-state index in [4.69, 9.17) is 0 Å². The Morgan fingerprint density at radius 2 is 1.89 bits per heavy atom. The highest BCUT2D eigenvalue weighted by molar-refractivity contribution is 7.99. The van der Waals surface area contributed by atoms with Crippen LogP contribution in [0.1, 0.15) is 36.9 Å². The maximum absolute atomic E-state index is 12.4. The normalized spacial score (nSPS) is 11.9. The molecule has 1 aromatic heterocycles. The number of carbonyl (C=O) groups excluding carboxylic acids is 1. The van der Waals surface area contributed by atoms with Crippen LogP contribution in [0.2, 0.25) is 0 Å². The molecule has 6 heteroatoms. The van der Waals surface area contributed by atoms with Crippen molar-refractivity contribution >= 4 is 17.7 Å². The summed E-state index contributed by atoms with van der Waals surface area (Å²) in [7, 11) is 0. The molecule has 0 bridgehead atoms. The predicted octanol–water partition coefficient (Wildman–Crippen LogP) is 4.53. The summed E-state index contributed by atoms with van der Waals surface area (Å²) in [5.74, 6) is 0.994. The fourth-order valence-electron chi connectivity index (χ4n) is 2.81. The number of amides is 1. The van der Waals surface area contributed by atoms with Gasteiger partial charge in [0, 0.05) is 5.56 Å². The third kappa shape index (κ3) is 5.44. The van der Waals surface area contributed by atoms with Crippen molar-refractivity contribution in [2.75, 3.05) is 5.75 Å². The van der Waals surface area contributed by atoms with Gasteiger partial charge >= 0.3 is 0 Å². The van der Waals surface area contributed by atoms with Crippen molar-refractivity contribution in [2.24, 2.45) is 0 Å². The van der Waals surface area contributed by atoms with E-state index in [0.717, 1.165) is 24.0 Å². The molecule has 5 nitrogen and oxygen atoms in total. The first-order chi connectivity index (χ1) is 13.2. The SMILES string of the molecule is CCC[C@@H](NC(=O)CSc1n[nH]c(-c2ccc(C)cc2)n1)c1ccccc1. The Morgan fingerprint density at radius 1 is 1.15 bits per heavy atom. The Kier molecular flexibility index (Phi) is 6.65. The second-order valence-corrected chi connectivity index (χ2v) is 7.38. The molecule has 1 atom stereocenters. The fraction of sp³-hybridized carbons (Fsp3) is 0.286. The number of hydrogen-bond acceptors (Lipinski definition) is 4. The number of aromatic amines is 1. The van der Waals surface area contributed by atoms with Crippen molar-refractivity contribution in [3.8, 4) is 11.4 Å². The van der Waals surface area contributed by atoms with Crippen LogP contribution in [0.5, 0.6) is 0 Å². The molecule has 0 radical (unpaired) electrons. The largest absolute Gasteiger partial charge is 0.349 e. The zero-order valence-electron chi connectivity index (χ0n) is 15.6. The minimum absolute atomic E-state index is 0.0102. The average Bonchev–Trinajstić information content (AvgIpc) is 3.16. The van der Waals surface area contributed by atoms with E-state index >= 15 is 0 Å². The molecule has 0 saturated heterocycles. The number of aromatic nitrogens is 3. The Morgan fingerprint density at radius 3 is 2.59 bits per heavy atom. The van der Waals surface area contributed by atoms with E-state index in [1.165, 1.54) is 17.3 Å². The van der Waals surface area contributed by atoms with Gasteiger partial charge < -0.3 is 5.32 Å². The first-order valence-corrected chi connectivity index (χ1v) is 10.1. The van der Waals surface area contributed by atoms with Crippen LogP contribution in [-0.4, -0.2) is 26.8 Å². The van der Waals surface area contributed by atoms with E-state index in [9.17, 15) is 4.79 Å². The number of nitrogens with one attached hydrogen (secondary N) is 2. The van der Waals surface area contributed by atoms with Gasteiger partial charge in [0.15, 0.2) is 5.82 Å². The van der Waals surface area contributed by atoms with Crippen molar-refractivity contribution in [2.45, 2.75) is 37.9 Å². The first kappa shape index (κ1) is 19.2. The lowest BCUT2D eigenvalue weighted by molar-refractivity contribution is -0.119. The lowest BCUT2D eigenvalue weighted by Crippen LogP contribution is -2.29. The predicted molar refractivity (Wildman–Crippen MR) is 110 cm³/mol. The smallest absolute Gasteiger partial charge is 0.230 e. The molecule has 0 spiro atoms. The molecule has 0 aliphatic heterocycles. The van der Waals surface area contributed by atoms with Crippen LogP contribution in [0.3, 0.4) is 0 Å². The highest BCUT2D eigenvalue weighted by atomic mass is 32.2. The fourth-order valence-corrected chi connectivity index (χ4v) is 3.42. The van der Waals surface area contributed by atoms with Crippen LogP contribution in [0, 0.1) is 6.92 Å². The molecular weight excluding hydrogens is 356 g/mol. The van der Waals surface area contributed by atoms with Gasteiger partial charge in [-0.25, -0.2) is 4.98 Å². The molecule has 0 unspecified atom stereocenters. The molecule has 2 N–H and O–H groups in total. The lowest BCUT2D eigenvalue weighted by Gasteiger charge is -2.18. The van der Waals surface area contributed by atoms with Crippen LogP contribution >= 0.6 is 11.8 Å². The van der Waals surface area contributed by atoms with Crippen molar-refractivity contribution in [1.29, 1.82) is 0 Å². The molecular formula is C21H24N4OS.